The molecular formula is C18H22N2O5S. The van der Waals surface area contributed by atoms with E-state index in [0.29, 0.717) is 15.9 Å². The van der Waals surface area contributed by atoms with Crippen molar-refractivity contribution >= 4 is 39.4 Å². The van der Waals surface area contributed by atoms with Crippen molar-refractivity contribution in [1.29, 1.82) is 0 Å². The van der Waals surface area contributed by atoms with Gasteiger partial charge >= 0.3 is 11.9 Å². The van der Waals surface area contributed by atoms with E-state index < -0.39 is 17.4 Å². The Balaban J connectivity index is 2.64. The van der Waals surface area contributed by atoms with Crippen LogP contribution < -0.4 is 4.80 Å². The van der Waals surface area contributed by atoms with E-state index in [1.807, 2.05) is 0 Å². The molecule has 2 aromatic rings. The number of rotatable bonds is 4. The summed E-state index contributed by atoms with van der Waals surface area (Å²) in [7, 11) is 1.31. The van der Waals surface area contributed by atoms with Gasteiger partial charge in [-0.25, -0.2) is 4.79 Å². The van der Waals surface area contributed by atoms with E-state index in [1.165, 1.54) is 18.4 Å². The smallest absolute Gasteiger partial charge is 0.337 e. The van der Waals surface area contributed by atoms with E-state index in [-0.39, 0.29) is 19.1 Å². The molecule has 0 saturated carbocycles. The van der Waals surface area contributed by atoms with Gasteiger partial charge in [-0.3, -0.25) is 9.59 Å². The number of fused-ring (bicyclic) bond motifs is 1. The second-order valence-corrected chi connectivity index (χ2v) is 7.63. The fourth-order valence-corrected chi connectivity index (χ4v) is 3.21. The molecule has 0 fully saturated rings. The molecule has 1 aromatic heterocycles. The molecule has 0 N–H and O–H groups in total. The lowest BCUT2D eigenvalue weighted by Gasteiger charge is -2.12. The standard InChI is InChI=1S/C18H22N2O5S/c1-6-25-14(21)10-20-12-8-7-11(15(22)24-5)9-13(12)26-17(20)19-16(23)18(2,3)4/h7-9H,6,10H2,1-5H3. The van der Waals surface area contributed by atoms with Crippen LogP contribution in [0.5, 0.6) is 0 Å². The number of carbonyl (C=O) groups excluding carboxylic acids is 3. The first kappa shape index (κ1) is 19.8. The molecule has 0 radical (unpaired) electrons. The van der Waals surface area contributed by atoms with Gasteiger partial charge in [0.2, 0.25) is 0 Å². The quantitative estimate of drug-likeness (QED) is 0.763. The van der Waals surface area contributed by atoms with Gasteiger partial charge < -0.3 is 14.0 Å². The van der Waals surface area contributed by atoms with E-state index in [4.69, 9.17) is 9.47 Å². The number of methoxy groups -OCH3 is 1. The summed E-state index contributed by atoms with van der Waals surface area (Å²) in [5.41, 5.74) is 0.434. The first-order valence-corrected chi connectivity index (χ1v) is 8.95. The van der Waals surface area contributed by atoms with Crippen LogP contribution in [-0.4, -0.2) is 36.1 Å². The minimum atomic E-state index is -0.644. The molecule has 1 amide bonds. The molecule has 7 nitrogen and oxygen atoms in total. The van der Waals surface area contributed by atoms with Crippen LogP contribution >= 0.6 is 11.3 Å². The summed E-state index contributed by atoms with van der Waals surface area (Å²) in [4.78, 5) is 40.6. The Morgan fingerprint density at radius 2 is 1.92 bits per heavy atom. The van der Waals surface area contributed by atoms with Crippen LogP contribution in [0.3, 0.4) is 0 Å². The van der Waals surface area contributed by atoms with E-state index in [2.05, 4.69) is 4.99 Å². The molecule has 0 aliphatic heterocycles. The lowest BCUT2D eigenvalue weighted by molar-refractivity contribution is -0.143. The molecule has 0 spiro atoms. The van der Waals surface area contributed by atoms with E-state index >= 15 is 0 Å². The zero-order valence-corrected chi connectivity index (χ0v) is 16.3. The number of benzene rings is 1. The Kier molecular flexibility index (Phi) is 5.97. The van der Waals surface area contributed by atoms with Crippen LogP contribution in [0.4, 0.5) is 0 Å². The van der Waals surface area contributed by atoms with Gasteiger partial charge in [-0.15, -0.1) is 0 Å². The Labute approximate surface area is 155 Å². The van der Waals surface area contributed by atoms with Crippen molar-refractivity contribution in [3.63, 3.8) is 0 Å². The molecule has 1 heterocycles. The first-order chi connectivity index (χ1) is 12.2. The third-order valence-corrected chi connectivity index (χ3v) is 4.58. The predicted octanol–water partition coefficient (Wildman–Crippen LogP) is 2.53. The van der Waals surface area contributed by atoms with Gasteiger partial charge in [-0.1, -0.05) is 32.1 Å². The molecule has 26 heavy (non-hydrogen) atoms. The SMILES string of the molecule is CCOC(=O)Cn1c(=NC(=O)C(C)(C)C)sc2cc(C(=O)OC)ccc21. The lowest BCUT2D eigenvalue weighted by atomic mass is 9.96. The Morgan fingerprint density at radius 3 is 2.50 bits per heavy atom. The van der Waals surface area contributed by atoms with Crippen molar-refractivity contribution in [1.82, 2.24) is 4.57 Å². The largest absolute Gasteiger partial charge is 0.465 e. The van der Waals surface area contributed by atoms with Crippen LogP contribution in [0.15, 0.2) is 23.2 Å². The average molecular weight is 378 g/mol. The number of hydrogen-bond donors (Lipinski definition) is 0. The number of ether oxygens (including phenoxy) is 2. The summed E-state index contributed by atoms with van der Waals surface area (Å²) in [6, 6.07) is 4.98. The predicted molar refractivity (Wildman–Crippen MR) is 97.8 cm³/mol. The highest BCUT2D eigenvalue weighted by Gasteiger charge is 2.22. The van der Waals surface area contributed by atoms with Crippen LogP contribution in [0.25, 0.3) is 10.2 Å². The average Bonchev–Trinajstić information content (AvgIpc) is 2.90. The summed E-state index contributed by atoms with van der Waals surface area (Å²) in [6.45, 7) is 7.25. The normalized spacial score (nSPS) is 12.3. The monoisotopic (exact) mass is 378 g/mol. The second-order valence-electron chi connectivity index (χ2n) is 6.62. The Morgan fingerprint density at radius 1 is 1.23 bits per heavy atom. The first-order valence-electron chi connectivity index (χ1n) is 8.14. The number of hydrogen-bond acceptors (Lipinski definition) is 6. The van der Waals surface area contributed by atoms with Crippen molar-refractivity contribution in [2.24, 2.45) is 10.4 Å². The van der Waals surface area contributed by atoms with Crippen LogP contribution in [-0.2, 0) is 25.6 Å². The van der Waals surface area contributed by atoms with Crippen LogP contribution in [0.1, 0.15) is 38.1 Å². The molecule has 0 bridgehead atoms. The minimum absolute atomic E-state index is 0.0678. The number of aromatic nitrogens is 1. The zero-order chi connectivity index (χ0) is 19.5. The fraction of sp³-hybridized carbons (Fsp3) is 0.444. The number of thiazole rings is 1. The van der Waals surface area contributed by atoms with Gasteiger partial charge in [-0.05, 0) is 25.1 Å². The lowest BCUT2D eigenvalue weighted by Crippen LogP contribution is -2.26. The molecule has 0 aliphatic rings. The Hall–Kier alpha value is -2.48. The molecule has 0 aliphatic carbocycles. The van der Waals surface area contributed by atoms with Gasteiger partial charge in [0.15, 0.2) is 4.80 Å². The summed E-state index contributed by atoms with van der Waals surface area (Å²) < 4.78 is 12.1. The third kappa shape index (κ3) is 4.37. The van der Waals surface area contributed by atoms with Gasteiger partial charge in [0, 0.05) is 5.41 Å². The number of amides is 1. The van der Waals surface area contributed by atoms with Crippen LogP contribution in [0, 0.1) is 5.41 Å². The van der Waals surface area contributed by atoms with Gasteiger partial charge in [0.05, 0.1) is 29.5 Å². The summed E-state index contributed by atoms with van der Waals surface area (Å²) >= 11 is 1.23. The summed E-state index contributed by atoms with van der Waals surface area (Å²) in [5, 5.41) is 0. The highest BCUT2D eigenvalue weighted by Crippen LogP contribution is 2.21. The number of carbonyl (C=O) groups is 3. The summed E-state index contributed by atoms with van der Waals surface area (Å²) in [5.74, 6) is -1.18. The molecule has 140 valence electrons. The zero-order valence-electron chi connectivity index (χ0n) is 15.5. The van der Waals surface area contributed by atoms with Crippen molar-refractivity contribution in [2.45, 2.75) is 34.2 Å². The molecule has 0 atom stereocenters. The number of nitrogens with zero attached hydrogens (tertiary/aromatic N) is 2. The summed E-state index contributed by atoms with van der Waals surface area (Å²) in [6.07, 6.45) is 0. The highest BCUT2D eigenvalue weighted by molar-refractivity contribution is 7.16. The Bertz CT molecular complexity index is 918. The van der Waals surface area contributed by atoms with Gasteiger partial charge in [0.1, 0.15) is 6.54 Å². The van der Waals surface area contributed by atoms with Crippen molar-refractivity contribution < 1.29 is 23.9 Å². The van der Waals surface area contributed by atoms with Crippen molar-refractivity contribution in [2.75, 3.05) is 13.7 Å². The molecule has 1 aromatic carbocycles. The fourth-order valence-electron chi connectivity index (χ4n) is 2.15. The van der Waals surface area contributed by atoms with Crippen LogP contribution in [0.2, 0.25) is 0 Å². The molecule has 0 unspecified atom stereocenters. The molecular weight excluding hydrogens is 356 g/mol. The highest BCUT2D eigenvalue weighted by atomic mass is 32.1. The molecule has 2 rings (SSSR count). The topological polar surface area (TPSA) is 87.0 Å². The maximum atomic E-state index is 12.3. The maximum Gasteiger partial charge on any atom is 0.337 e. The van der Waals surface area contributed by atoms with E-state index in [9.17, 15) is 14.4 Å². The second kappa shape index (κ2) is 7.82. The maximum absolute atomic E-state index is 12.3. The van der Waals surface area contributed by atoms with Gasteiger partial charge in [-0.2, -0.15) is 4.99 Å². The molecule has 0 saturated heterocycles. The van der Waals surface area contributed by atoms with E-state index in [1.54, 1.807) is 50.5 Å². The van der Waals surface area contributed by atoms with E-state index in [0.717, 1.165) is 4.70 Å². The van der Waals surface area contributed by atoms with Crippen molar-refractivity contribution in [3.8, 4) is 0 Å². The number of esters is 2. The van der Waals surface area contributed by atoms with Gasteiger partial charge in [0.25, 0.3) is 5.91 Å². The minimum Gasteiger partial charge on any atom is -0.465 e. The third-order valence-electron chi connectivity index (χ3n) is 3.54. The molecule has 8 heteroatoms. The van der Waals surface area contributed by atoms with Crippen molar-refractivity contribution in [3.05, 3.63) is 28.6 Å².